The van der Waals surface area contributed by atoms with Crippen molar-refractivity contribution in [2.45, 2.75) is 31.7 Å². The number of pyridine rings is 1. The SMILES string of the molecule is O=C(NC(Cc1ccncc1)C(=O)O)C1CC=CCC1. The molecule has 0 aromatic carbocycles. The highest BCUT2D eigenvalue weighted by Crippen LogP contribution is 2.18. The molecule has 2 atom stereocenters. The molecule has 1 heterocycles. The van der Waals surface area contributed by atoms with Gasteiger partial charge in [0.2, 0.25) is 5.91 Å². The molecule has 0 fully saturated rings. The number of carbonyl (C=O) groups excluding carboxylic acids is 1. The average molecular weight is 274 g/mol. The molecule has 1 aliphatic rings. The van der Waals surface area contributed by atoms with Crippen LogP contribution in [0, 0.1) is 5.92 Å². The number of nitrogens with one attached hydrogen (secondary N) is 1. The second-order valence-electron chi connectivity index (χ2n) is 4.94. The first kappa shape index (κ1) is 14.2. The lowest BCUT2D eigenvalue weighted by molar-refractivity contribution is -0.142. The summed E-state index contributed by atoms with van der Waals surface area (Å²) in [6, 6.07) is 2.62. The van der Waals surface area contributed by atoms with E-state index in [9.17, 15) is 14.7 Å². The number of rotatable bonds is 5. The number of hydrogen-bond donors (Lipinski definition) is 2. The van der Waals surface area contributed by atoms with Gasteiger partial charge in [-0.3, -0.25) is 9.78 Å². The topological polar surface area (TPSA) is 79.3 Å². The summed E-state index contributed by atoms with van der Waals surface area (Å²) in [6.07, 6.45) is 9.87. The van der Waals surface area contributed by atoms with Crippen molar-refractivity contribution in [1.29, 1.82) is 0 Å². The van der Waals surface area contributed by atoms with Gasteiger partial charge >= 0.3 is 5.97 Å². The minimum absolute atomic E-state index is 0.112. The lowest BCUT2D eigenvalue weighted by Gasteiger charge is -2.21. The van der Waals surface area contributed by atoms with Crippen LogP contribution >= 0.6 is 0 Å². The molecular weight excluding hydrogens is 256 g/mol. The van der Waals surface area contributed by atoms with Gasteiger partial charge in [-0.15, -0.1) is 0 Å². The van der Waals surface area contributed by atoms with E-state index in [4.69, 9.17) is 0 Å². The molecule has 0 radical (unpaired) electrons. The van der Waals surface area contributed by atoms with Crippen LogP contribution in [0.5, 0.6) is 0 Å². The Labute approximate surface area is 117 Å². The second kappa shape index (κ2) is 6.84. The van der Waals surface area contributed by atoms with Crippen LogP contribution in [-0.2, 0) is 16.0 Å². The van der Waals surface area contributed by atoms with Crippen LogP contribution in [0.1, 0.15) is 24.8 Å². The summed E-state index contributed by atoms with van der Waals surface area (Å²) >= 11 is 0. The number of nitrogens with zero attached hydrogens (tertiary/aromatic N) is 1. The molecule has 2 unspecified atom stereocenters. The van der Waals surface area contributed by atoms with Gasteiger partial charge in [-0.2, -0.15) is 0 Å². The Balaban J connectivity index is 1.97. The predicted octanol–water partition coefficient (Wildman–Crippen LogP) is 1.55. The lowest BCUT2D eigenvalue weighted by Crippen LogP contribution is -2.45. The van der Waals surface area contributed by atoms with Crippen molar-refractivity contribution in [2.24, 2.45) is 5.92 Å². The Kier molecular flexibility index (Phi) is 4.87. The maximum atomic E-state index is 12.1. The van der Waals surface area contributed by atoms with Gasteiger partial charge in [0.25, 0.3) is 0 Å². The van der Waals surface area contributed by atoms with Crippen LogP contribution in [0.2, 0.25) is 0 Å². The molecule has 106 valence electrons. The first-order valence-corrected chi connectivity index (χ1v) is 6.74. The van der Waals surface area contributed by atoms with Gasteiger partial charge < -0.3 is 10.4 Å². The summed E-state index contributed by atoms with van der Waals surface area (Å²) in [5.41, 5.74) is 0.844. The predicted molar refractivity (Wildman–Crippen MR) is 74.0 cm³/mol. The zero-order chi connectivity index (χ0) is 14.4. The number of carbonyl (C=O) groups is 2. The summed E-state index contributed by atoms with van der Waals surface area (Å²) in [5.74, 6) is -1.29. The van der Waals surface area contributed by atoms with Crippen molar-refractivity contribution in [3.8, 4) is 0 Å². The van der Waals surface area contributed by atoms with Gasteiger partial charge in [0.1, 0.15) is 6.04 Å². The monoisotopic (exact) mass is 274 g/mol. The van der Waals surface area contributed by atoms with Crippen LogP contribution in [0.25, 0.3) is 0 Å². The van der Waals surface area contributed by atoms with Gasteiger partial charge in [-0.05, 0) is 37.0 Å². The first-order valence-electron chi connectivity index (χ1n) is 6.74. The fourth-order valence-corrected chi connectivity index (χ4v) is 2.28. The highest BCUT2D eigenvalue weighted by Gasteiger charge is 2.25. The van der Waals surface area contributed by atoms with E-state index in [0.29, 0.717) is 6.42 Å². The highest BCUT2D eigenvalue weighted by atomic mass is 16.4. The van der Waals surface area contributed by atoms with E-state index in [1.54, 1.807) is 24.5 Å². The van der Waals surface area contributed by atoms with Crippen molar-refractivity contribution in [3.63, 3.8) is 0 Å². The van der Waals surface area contributed by atoms with Gasteiger partial charge in [-0.1, -0.05) is 12.2 Å². The molecule has 1 amide bonds. The highest BCUT2D eigenvalue weighted by molar-refractivity contribution is 5.85. The number of amides is 1. The van der Waals surface area contributed by atoms with Crippen molar-refractivity contribution in [1.82, 2.24) is 10.3 Å². The summed E-state index contributed by atoms with van der Waals surface area (Å²) < 4.78 is 0. The molecule has 20 heavy (non-hydrogen) atoms. The molecule has 2 N–H and O–H groups in total. The molecule has 5 heteroatoms. The molecular formula is C15H18N2O3. The molecule has 0 spiro atoms. The fourth-order valence-electron chi connectivity index (χ4n) is 2.28. The quantitative estimate of drug-likeness (QED) is 0.798. The van der Waals surface area contributed by atoms with Gasteiger partial charge in [0, 0.05) is 24.7 Å². The number of hydrogen-bond acceptors (Lipinski definition) is 3. The van der Waals surface area contributed by atoms with Crippen molar-refractivity contribution in [3.05, 3.63) is 42.2 Å². The maximum Gasteiger partial charge on any atom is 0.326 e. The number of aliphatic carboxylic acids is 1. The van der Waals surface area contributed by atoms with Crippen molar-refractivity contribution >= 4 is 11.9 Å². The molecule has 0 saturated carbocycles. The van der Waals surface area contributed by atoms with Crippen LogP contribution in [0.4, 0.5) is 0 Å². The molecule has 0 aliphatic heterocycles. The normalized spacial score (nSPS) is 19.3. The molecule has 5 nitrogen and oxygen atoms in total. The molecule has 1 aromatic rings. The van der Waals surface area contributed by atoms with Gasteiger partial charge in [-0.25, -0.2) is 4.79 Å². The summed E-state index contributed by atoms with van der Waals surface area (Å²) in [4.78, 5) is 27.2. The largest absolute Gasteiger partial charge is 0.480 e. The summed E-state index contributed by atoms with van der Waals surface area (Å²) in [5, 5.41) is 11.9. The molecule has 0 saturated heterocycles. The molecule has 1 aliphatic carbocycles. The van der Waals surface area contributed by atoms with E-state index >= 15 is 0 Å². The maximum absolute atomic E-state index is 12.1. The third-order valence-electron chi connectivity index (χ3n) is 3.44. The number of carboxylic acid groups (broad SMARTS) is 1. The molecule has 0 bridgehead atoms. The van der Waals surface area contributed by atoms with Crippen molar-refractivity contribution in [2.75, 3.05) is 0 Å². The Morgan fingerprint density at radius 2 is 2.10 bits per heavy atom. The third kappa shape index (κ3) is 3.91. The van der Waals surface area contributed by atoms with Gasteiger partial charge in [0.05, 0.1) is 0 Å². The third-order valence-corrected chi connectivity index (χ3v) is 3.44. The Morgan fingerprint density at radius 3 is 2.70 bits per heavy atom. The van der Waals surface area contributed by atoms with Crippen LogP contribution in [0.3, 0.4) is 0 Å². The Bertz CT molecular complexity index is 499. The van der Waals surface area contributed by atoms with E-state index in [0.717, 1.165) is 18.4 Å². The zero-order valence-corrected chi connectivity index (χ0v) is 11.2. The fraction of sp³-hybridized carbons (Fsp3) is 0.400. The van der Waals surface area contributed by atoms with Crippen LogP contribution in [-0.4, -0.2) is 28.0 Å². The minimum Gasteiger partial charge on any atom is -0.480 e. The second-order valence-corrected chi connectivity index (χ2v) is 4.94. The van der Waals surface area contributed by atoms with Gasteiger partial charge in [0.15, 0.2) is 0 Å². The van der Waals surface area contributed by atoms with E-state index < -0.39 is 12.0 Å². The van der Waals surface area contributed by atoms with Crippen molar-refractivity contribution < 1.29 is 14.7 Å². The molecule has 2 rings (SSSR count). The molecule has 1 aromatic heterocycles. The number of carboxylic acids is 1. The number of allylic oxidation sites excluding steroid dienone is 2. The smallest absolute Gasteiger partial charge is 0.326 e. The number of aromatic nitrogens is 1. The van der Waals surface area contributed by atoms with E-state index in [-0.39, 0.29) is 18.2 Å². The summed E-state index contributed by atoms with van der Waals surface area (Å²) in [6.45, 7) is 0. The van der Waals surface area contributed by atoms with Crippen LogP contribution < -0.4 is 5.32 Å². The van der Waals surface area contributed by atoms with E-state index in [1.807, 2.05) is 6.08 Å². The zero-order valence-electron chi connectivity index (χ0n) is 11.2. The first-order chi connectivity index (χ1) is 9.66. The summed E-state index contributed by atoms with van der Waals surface area (Å²) in [7, 11) is 0. The Hall–Kier alpha value is -2.17. The van der Waals surface area contributed by atoms with Crippen LogP contribution in [0.15, 0.2) is 36.7 Å². The Morgan fingerprint density at radius 1 is 1.35 bits per heavy atom. The average Bonchev–Trinajstić information content (AvgIpc) is 2.48. The van der Waals surface area contributed by atoms with E-state index in [2.05, 4.69) is 16.4 Å². The standard InChI is InChI=1S/C15H18N2O3/c18-14(12-4-2-1-3-5-12)17-13(15(19)20)10-11-6-8-16-9-7-11/h1-2,6-9,12-13H,3-5,10H2,(H,17,18)(H,19,20). The minimum atomic E-state index is -1.01. The lowest BCUT2D eigenvalue weighted by atomic mass is 9.93. The van der Waals surface area contributed by atoms with E-state index in [1.165, 1.54) is 0 Å².